The molecule has 1 atom stereocenters. The number of nitrogens with zero attached hydrogens (tertiary/aromatic N) is 2. The maximum absolute atomic E-state index is 13.8. The quantitative estimate of drug-likeness (QED) is 0.452. The van der Waals surface area contributed by atoms with Crippen molar-refractivity contribution < 1.29 is 17.9 Å². The van der Waals surface area contributed by atoms with Crippen molar-refractivity contribution in [3.05, 3.63) is 96.1 Å². The van der Waals surface area contributed by atoms with Gasteiger partial charge in [0.2, 0.25) is 0 Å². The van der Waals surface area contributed by atoms with Crippen LogP contribution in [0.4, 0.5) is 5.69 Å². The van der Waals surface area contributed by atoms with Crippen molar-refractivity contribution in [3.8, 4) is 0 Å². The number of hydrogen-bond donors (Lipinski definition) is 0. The summed E-state index contributed by atoms with van der Waals surface area (Å²) >= 11 is 0. The van der Waals surface area contributed by atoms with Gasteiger partial charge in [-0.05, 0) is 49.2 Å². The number of hydrogen-bond acceptors (Lipinski definition) is 4. The molecule has 0 radical (unpaired) electrons. The second kappa shape index (κ2) is 10.8. The molecule has 34 heavy (non-hydrogen) atoms. The van der Waals surface area contributed by atoms with E-state index in [9.17, 15) is 13.2 Å². The van der Waals surface area contributed by atoms with Gasteiger partial charge in [0.15, 0.2) is 0 Å². The summed E-state index contributed by atoms with van der Waals surface area (Å²) in [4.78, 5) is 15.1. The first-order valence-electron chi connectivity index (χ1n) is 11.6. The molecule has 0 spiro atoms. The van der Waals surface area contributed by atoms with Crippen molar-refractivity contribution in [2.75, 3.05) is 30.6 Å². The van der Waals surface area contributed by atoms with E-state index in [1.807, 2.05) is 55.5 Å². The highest BCUT2D eigenvalue weighted by molar-refractivity contribution is 7.92. The van der Waals surface area contributed by atoms with Gasteiger partial charge in [0.25, 0.3) is 15.9 Å². The van der Waals surface area contributed by atoms with E-state index in [0.717, 1.165) is 18.6 Å². The van der Waals surface area contributed by atoms with Crippen LogP contribution in [0.15, 0.2) is 89.8 Å². The van der Waals surface area contributed by atoms with Gasteiger partial charge in [-0.15, -0.1) is 0 Å². The largest absolute Gasteiger partial charge is 0.381 e. The summed E-state index contributed by atoms with van der Waals surface area (Å²) in [5.74, 6) is 0.149. The van der Waals surface area contributed by atoms with Crippen molar-refractivity contribution in [1.82, 2.24) is 4.90 Å². The molecule has 1 heterocycles. The second-order valence-electron chi connectivity index (χ2n) is 8.43. The van der Waals surface area contributed by atoms with Gasteiger partial charge >= 0.3 is 0 Å². The van der Waals surface area contributed by atoms with Crippen molar-refractivity contribution >= 4 is 21.6 Å². The molecule has 7 heteroatoms. The SMILES string of the molecule is CCN(CC1CCOC1)C(=O)c1cccc(S(=O)(=O)N(Cc2ccccc2)c2ccccc2)c1. The molecule has 1 fully saturated rings. The van der Waals surface area contributed by atoms with Gasteiger partial charge < -0.3 is 9.64 Å². The average Bonchev–Trinajstić information content (AvgIpc) is 3.40. The zero-order valence-corrected chi connectivity index (χ0v) is 20.2. The van der Waals surface area contributed by atoms with Crippen LogP contribution in [0.3, 0.4) is 0 Å². The predicted octanol–water partition coefficient (Wildman–Crippen LogP) is 4.58. The number of carbonyl (C=O) groups excluding carboxylic acids is 1. The lowest BCUT2D eigenvalue weighted by Gasteiger charge is -2.26. The van der Waals surface area contributed by atoms with Crippen LogP contribution in [-0.4, -0.2) is 45.5 Å². The van der Waals surface area contributed by atoms with Gasteiger partial charge in [0, 0.05) is 31.2 Å². The van der Waals surface area contributed by atoms with Crippen LogP contribution in [0.2, 0.25) is 0 Å². The average molecular weight is 479 g/mol. The molecule has 1 aliphatic heterocycles. The standard InChI is InChI=1S/C27H30N2O4S/c1-2-28(19-23-16-17-33-21-23)27(30)24-12-9-15-26(18-24)34(31,32)29(25-13-7-4-8-14-25)20-22-10-5-3-6-11-22/h3-15,18,23H,2,16-17,19-21H2,1H3. The van der Waals surface area contributed by atoms with E-state index in [4.69, 9.17) is 4.74 Å². The number of carbonyl (C=O) groups is 1. The number of rotatable bonds is 9. The van der Waals surface area contributed by atoms with E-state index in [1.165, 1.54) is 10.4 Å². The summed E-state index contributed by atoms with van der Waals surface area (Å²) in [6.07, 6.45) is 0.934. The topological polar surface area (TPSA) is 66.9 Å². The molecule has 178 valence electrons. The summed E-state index contributed by atoms with van der Waals surface area (Å²) < 4.78 is 34.5. The monoisotopic (exact) mass is 478 g/mol. The molecular weight excluding hydrogens is 448 g/mol. The minimum Gasteiger partial charge on any atom is -0.381 e. The number of sulfonamides is 1. The molecule has 1 amide bonds. The predicted molar refractivity (Wildman–Crippen MR) is 133 cm³/mol. The highest BCUT2D eigenvalue weighted by atomic mass is 32.2. The Labute approximate surface area is 201 Å². The Balaban J connectivity index is 1.64. The van der Waals surface area contributed by atoms with E-state index >= 15 is 0 Å². The maximum Gasteiger partial charge on any atom is 0.264 e. The summed E-state index contributed by atoms with van der Waals surface area (Å²) in [5, 5.41) is 0. The first kappa shape index (κ1) is 24.0. The van der Waals surface area contributed by atoms with Gasteiger partial charge in [0.05, 0.1) is 23.7 Å². The third kappa shape index (κ3) is 5.48. The molecule has 0 N–H and O–H groups in total. The summed E-state index contributed by atoms with van der Waals surface area (Å²) in [7, 11) is -3.92. The minimum atomic E-state index is -3.92. The Kier molecular flexibility index (Phi) is 7.65. The molecule has 0 aromatic heterocycles. The van der Waals surface area contributed by atoms with E-state index < -0.39 is 10.0 Å². The molecule has 0 saturated carbocycles. The zero-order chi connectivity index (χ0) is 24.0. The lowest BCUT2D eigenvalue weighted by atomic mass is 10.1. The van der Waals surface area contributed by atoms with Gasteiger partial charge in [-0.25, -0.2) is 8.42 Å². The highest BCUT2D eigenvalue weighted by Crippen LogP contribution is 2.27. The Morgan fingerprint density at radius 2 is 1.68 bits per heavy atom. The Morgan fingerprint density at radius 3 is 2.32 bits per heavy atom. The Hall–Kier alpha value is -3.16. The summed E-state index contributed by atoms with van der Waals surface area (Å²) in [6, 6.07) is 24.9. The Morgan fingerprint density at radius 1 is 0.971 bits per heavy atom. The van der Waals surface area contributed by atoms with Crippen LogP contribution in [0.5, 0.6) is 0 Å². The van der Waals surface area contributed by atoms with E-state index in [0.29, 0.717) is 36.9 Å². The molecule has 1 aliphatic rings. The number of anilines is 1. The minimum absolute atomic E-state index is 0.0957. The first-order chi connectivity index (χ1) is 16.5. The number of benzene rings is 3. The smallest absolute Gasteiger partial charge is 0.264 e. The summed E-state index contributed by atoms with van der Waals surface area (Å²) in [5.41, 5.74) is 1.81. The molecule has 6 nitrogen and oxygen atoms in total. The van der Waals surface area contributed by atoms with Crippen LogP contribution < -0.4 is 4.31 Å². The molecule has 0 aliphatic carbocycles. The number of amides is 1. The van der Waals surface area contributed by atoms with Crippen LogP contribution in [0.25, 0.3) is 0 Å². The Bertz CT molecular complexity index is 1190. The lowest BCUT2D eigenvalue weighted by Crippen LogP contribution is -2.36. The highest BCUT2D eigenvalue weighted by Gasteiger charge is 2.27. The van der Waals surface area contributed by atoms with E-state index in [-0.39, 0.29) is 17.3 Å². The van der Waals surface area contributed by atoms with E-state index in [2.05, 4.69) is 0 Å². The molecular formula is C27H30N2O4S. The van der Waals surface area contributed by atoms with Crippen molar-refractivity contribution in [1.29, 1.82) is 0 Å². The van der Waals surface area contributed by atoms with E-state index in [1.54, 1.807) is 35.2 Å². The fraction of sp³-hybridized carbons (Fsp3) is 0.296. The lowest BCUT2D eigenvalue weighted by molar-refractivity contribution is 0.0730. The van der Waals surface area contributed by atoms with Crippen LogP contribution in [0, 0.1) is 5.92 Å². The van der Waals surface area contributed by atoms with Crippen LogP contribution in [0.1, 0.15) is 29.3 Å². The fourth-order valence-corrected chi connectivity index (χ4v) is 5.65. The van der Waals surface area contributed by atoms with Gasteiger partial charge in [0.1, 0.15) is 0 Å². The third-order valence-corrected chi connectivity index (χ3v) is 7.82. The first-order valence-corrected chi connectivity index (χ1v) is 13.0. The van der Waals surface area contributed by atoms with Crippen molar-refractivity contribution in [2.24, 2.45) is 5.92 Å². The van der Waals surface area contributed by atoms with Crippen molar-refractivity contribution in [3.63, 3.8) is 0 Å². The zero-order valence-electron chi connectivity index (χ0n) is 19.3. The maximum atomic E-state index is 13.8. The normalized spacial score (nSPS) is 15.7. The molecule has 1 unspecified atom stereocenters. The summed E-state index contributed by atoms with van der Waals surface area (Å²) in [6.45, 7) is 4.66. The molecule has 1 saturated heterocycles. The number of para-hydroxylation sites is 1. The van der Waals surface area contributed by atoms with Crippen LogP contribution in [-0.2, 0) is 21.3 Å². The molecule has 0 bridgehead atoms. The number of ether oxygens (including phenoxy) is 1. The molecule has 3 aromatic rings. The van der Waals surface area contributed by atoms with Gasteiger partial charge in [-0.3, -0.25) is 9.10 Å². The van der Waals surface area contributed by atoms with Gasteiger partial charge in [-0.1, -0.05) is 54.6 Å². The molecule has 3 aromatic carbocycles. The second-order valence-corrected chi connectivity index (χ2v) is 10.3. The van der Waals surface area contributed by atoms with Crippen LogP contribution >= 0.6 is 0 Å². The van der Waals surface area contributed by atoms with Crippen molar-refractivity contribution in [2.45, 2.75) is 24.8 Å². The third-order valence-electron chi connectivity index (χ3n) is 6.05. The fourth-order valence-electron chi connectivity index (χ4n) is 4.15. The molecule has 4 rings (SSSR count). The van der Waals surface area contributed by atoms with Gasteiger partial charge in [-0.2, -0.15) is 0 Å².